The molecule has 7 heteroatoms. The zero-order valence-corrected chi connectivity index (χ0v) is 13.9. The average Bonchev–Trinajstić information content (AvgIpc) is 3.11. The van der Waals surface area contributed by atoms with Gasteiger partial charge < -0.3 is 4.57 Å². The number of para-hydroxylation sites is 3. The summed E-state index contributed by atoms with van der Waals surface area (Å²) in [6.45, 7) is 1.78. The molecule has 2 heterocycles. The molecule has 0 saturated carbocycles. The Morgan fingerprint density at radius 3 is 2.52 bits per heavy atom. The van der Waals surface area contributed by atoms with Crippen LogP contribution < -0.4 is 5.01 Å². The van der Waals surface area contributed by atoms with Gasteiger partial charge in [0.25, 0.3) is 5.91 Å². The van der Waals surface area contributed by atoms with Gasteiger partial charge in [0, 0.05) is 7.05 Å². The molecule has 124 valence electrons. The minimum absolute atomic E-state index is 0.216. The van der Waals surface area contributed by atoms with Crippen LogP contribution >= 0.6 is 0 Å². The highest BCUT2D eigenvalue weighted by molar-refractivity contribution is 6.18. The summed E-state index contributed by atoms with van der Waals surface area (Å²) in [5, 5.41) is 14.1. The number of anilines is 1. The van der Waals surface area contributed by atoms with Crippen LogP contribution in [0.5, 0.6) is 0 Å². The number of amides is 1. The fourth-order valence-corrected chi connectivity index (χ4v) is 2.77. The number of aryl methyl sites for hydroxylation is 1. The van der Waals surface area contributed by atoms with Gasteiger partial charge in [0.1, 0.15) is 0 Å². The van der Waals surface area contributed by atoms with Crippen molar-refractivity contribution in [1.82, 2.24) is 9.55 Å². The molecule has 7 nitrogen and oxygen atoms in total. The number of imidazole rings is 1. The number of carbonyl (C=O) groups is 1. The molecule has 2 aromatic carbocycles. The third-order valence-electron chi connectivity index (χ3n) is 4.12. The zero-order valence-electron chi connectivity index (χ0n) is 13.9. The van der Waals surface area contributed by atoms with Gasteiger partial charge in [-0.1, -0.05) is 30.3 Å². The maximum Gasteiger partial charge on any atom is 0.280 e. The normalized spacial score (nSPS) is 17.7. The number of hydrazone groups is 1. The predicted molar refractivity (Wildman–Crippen MR) is 96.1 cm³/mol. The molecule has 1 atom stereocenters. The van der Waals surface area contributed by atoms with Gasteiger partial charge in [0.05, 0.1) is 22.4 Å². The zero-order chi connectivity index (χ0) is 17.4. The van der Waals surface area contributed by atoms with E-state index < -0.39 is 6.04 Å². The molecular formula is C18H16N6O. The number of nitrogens with zero attached hydrogens (tertiary/aromatic N) is 6. The summed E-state index contributed by atoms with van der Waals surface area (Å²) >= 11 is 0. The second-order valence-corrected chi connectivity index (χ2v) is 5.80. The third kappa shape index (κ3) is 2.59. The van der Waals surface area contributed by atoms with Crippen molar-refractivity contribution in [3.05, 3.63) is 54.6 Å². The monoisotopic (exact) mass is 332 g/mol. The number of hydrogen-bond donors (Lipinski definition) is 0. The second kappa shape index (κ2) is 5.94. The summed E-state index contributed by atoms with van der Waals surface area (Å²) < 4.78 is 1.85. The first-order chi connectivity index (χ1) is 12.1. The molecule has 1 aliphatic heterocycles. The Hall–Kier alpha value is -3.35. The highest BCUT2D eigenvalue weighted by atomic mass is 16.2. The number of fused-ring (bicyclic) bond motifs is 1. The van der Waals surface area contributed by atoms with Crippen LogP contribution in [-0.2, 0) is 11.8 Å². The van der Waals surface area contributed by atoms with Gasteiger partial charge in [-0.05, 0) is 31.2 Å². The molecule has 1 amide bonds. The summed E-state index contributed by atoms with van der Waals surface area (Å²) in [6.07, 6.45) is 0. The lowest BCUT2D eigenvalue weighted by atomic mass is 10.2. The van der Waals surface area contributed by atoms with Crippen molar-refractivity contribution in [2.45, 2.75) is 13.0 Å². The Balaban J connectivity index is 1.62. The van der Waals surface area contributed by atoms with E-state index in [1.807, 2.05) is 66.2 Å². The van der Waals surface area contributed by atoms with Gasteiger partial charge >= 0.3 is 0 Å². The van der Waals surface area contributed by atoms with Crippen molar-refractivity contribution >= 4 is 34.3 Å². The molecule has 0 bridgehead atoms. The van der Waals surface area contributed by atoms with E-state index in [-0.39, 0.29) is 5.91 Å². The van der Waals surface area contributed by atoms with Crippen LogP contribution in [0, 0.1) is 0 Å². The lowest BCUT2D eigenvalue weighted by molar-refractivity contribution is -0.117. The van der Waals surface area contributed by atoms with Crippen molar-refractivity contribution in [2.75, 3.05) is 5.01 Å². The molecule has 1 aromatic heterocycles. The van der Waals surface area contributed by atoms with Crippen LogP contribution in [0.25, 0.3) is 11.0 Å². The lowest BCUT2D eigenvalue weighted by Crippen LogP contribution is -2.29. The van der Waals surface area contributed by atoms with E-state index in [0.29, 0.717) is 17.3 Å². The van der Waals surface area contributed by atoms with Crippen LogP contribution in [-0.4, -0.2) is 27.2 Å². The first kappa shape index (κ1) is 15.2. The number of carbonyl (C=O) groups excluding carboxylic acids is 1. The van der Waals surface area contributed by atoms with Gasteiger partial charge in [-0.3, -0.25) is 4.79 Å². The maximum atomic E-state index is 12.6. The van der Waals surface area contributed by atoms with Crippen LogP contribution in [0.4, 0.5) is 11.6 Å². The van der Waals surface area contributed by atoms with Crippen molar-refractivity contribution in [3.8, 4) is 0 Å². The highest BCUT2D eigenvalue weighted by Crippen LogP contribution is 2.24. The SMILES string of the molecule is CC1=NN(c2ccccc2)C(=O)[C@@H]1N=Nc1nc2ccccc2n1C. The number of hydrogen-bond acceptors (Lipinski definition) is 5. The number of azo groups is 1. The molecular weight excluding hydrogens is 316 g/mol. The largest absolute Gasteiger partial charge is 0.310 e. The topological polar surface area (TPSA) is 75.2 Å². The second-order valence-electron chi connectivity index (χ2n) is 5.80. The Labute approximate surface area is 144 Å². The minimum Gasteiger partial charge on any atom is -0.310 e. The number of benzene rings is 2. The summed E-state index contributed by atoms with van der Waals surface area (Å²) in [5.41, 5.74) is 3.13. The van der Waals surface area contributed by atoms with Gasteiger partial charge in [-0.2, -0.15) is 15.2 Å². The van der Waals surface area contributed by atoms with E-state index in [4.69, 9.17) is 0 Å². The molecule has 0 saturated heterocycles. The highest BCUT2D eigenvalue weighted by Gasteiger charge is 2.34. The van der Waals surface area contributed by atoms with E-state index in [1.54, 1.807) is 6.92 Å². The van der Waals surface area contributed by atoms with Crippen molar-refractivity contribution < 1.29 is 4.79 Å². The van der Waals surface area contributed by atoms with Crippen LogP contribution in [0.2, 0.25) is 0 Å². The molecule has 0 fully saturated rings. The number of rotatable bonds is 3. The van der Waals surface area contributed by atoms with E-state index in [9.17, 15) is 4.79 Å². The Morgan fingerprint density at radius 1 is 1.04 bits per heavy atom. The molecule has 4 rings (SSSR count). The quantitative estimate of drug-likeness (QED) is 0.689. The van der Waals surface area contributed by atoms with E-state index in [0.717, 1.165) is 11.0 Å². The molecule has 0 aliphatic carbocycles. The average molecular weight is 332 g/mol. The van der Waals surface area contributed by atoms with Gasteiger partial charge in [-0.25, -0.2) is 4.98 Å². The smallest absolute Gasteiger partial charge is 0.280 e. The van der Waals surface area contributed by atoms with Gasteiger partial charge in [-0.15, -0.1) is 5.11 Å². The third-order valence-corrected chi connectivity index (χ3v) is 4.12. The summed E-state index contributed by atoms with van der Waals surface area (Å²) in [4.78, 5) is 17.1. The molecule has 3 aromatic rings. The van der Waals surface area contributed by atoms with Crippen molar-refractivity contribution in [1.29, 1.82) is 0 Å². The lowest BCUT2D eigenvalue weighted by Gasteiger charge is -2.11. The Morgan fingerprint density at radius 2 is 1.76 bits per heavy atom. The summed E-state index contributed by atoms with van der Waals surface area (Å²) in [6, 6.07) is 16.3. The first-order valence-corrected chi connectivity index (χ1v) is 7.91. The van der Waals surface area contributed by atoms with Crippen LogP contribution in [0.1, 0.15) is 6.92 Å². The predicted octanol–water partition coefficient (Wildman–Crippen LogP) is 3.45. The van der Waals surface area contributed by atoms with Gasteiger partial charge in [0.15, 0.2) is 6.04 Å². The van der Waals surface area contributed by atoms with Crippen molar-refractivity contribution in [3.63, 3.8) is 0 Å². The first-order valence-electron chi connectivity index (χ1n) is 7.91. The summed E-state index contributed by atoms with van der Waals surface area (Å²) in [7, 11) is 1.87. The van der Waals surface area contributed by atoms with E-state index >= 15 is 0 Å². The van der Waals surface area contributed by atoms with Crippen LogP contribution in [0.15, 0.2) is 69.9 Å². The fourth-order valence-electron chi connectivity index (χ4n) is 2.77. The molecule has 1 aliphatic rings. The van der Waals surface area contributed by atoms with E-state index in [1.165, 1.54) is 5.01 Å². The molecule has 0 N–H and O–H groups in total. The molecule has 0 unspecified atom stereocenters. The van der Waals surface area contributed by atoms with Gasteiger partial charge in [0.2, 0.25) is 5.95 Å². The van der Waals surface area contributed by atoms with Crippen molar-refractivity contribution in [2.24, 2.45) is 22.4 Å². The van der Waals surface area contributed by atoms with Crippen LogP contribution in [0.3, 0.4) is 0 Å². The van der Waals surface area contributed by atoms with E-state index in [2.05, 4.69) is 20.3 Å². The maximum absolute atomic E-state index is 12.6. The molecule has 25 heavy (non-hydrogen) atoms. The standard InChI is InChI=1S/C18H16N6O/c1-12-16(17(25)24(22-12)13-8-4-3-5-9-13)20-21-18-19-14-10-6-7-11-15(14)23(18)2/h3-11,16H,1-2H3/t16-/m1/s1. The molecule has 0 radical (unpaired) electrons. The Kier molecular flexibility index (Phi) is 3.61. The fraction of sp³-hybridized carbons (Fsp3) is 0.167. The minimum atomic E-state index is -0.722. The number of aromatic nitrogens is 2. The molecule has 0 spiro atoms. The Bertz CT molecular complexity index is 1000. The summed E-state index contributed by atoms with van der Waals surface area (Å²) in [5.74, 6) is 0.242.